The van der Waals surface area contributed by atoms with Crippen molar-refractivity contribution in [1.82, 2.24) is 4.57 Å². The molecular weight excluding hydrogens is 376 g/mol. The number of para-hydroxylation sites is 1. The summed E-state index contributed by atoms with van der Waals surface area (Å²) < 4.78 is 1.69. The highest BCUT2D eigenvalue weighted by Gasteiger charge is 2.14. The van der Waals surface area contributed by atoms with Gasteiger partial charge in [0.05, 0.1) is 0 Å². The molecule has 0 saturated heterocycles. The van der Waals surface area contributed by atoms with E-state index in [-0.39, 0.29) is 12.1 Å². The fourth-order valence-electron chi connectivity index (χ4n) is 2.93. The van der Waals surface area contributed by atoms with E-state index in [4.69, 9.17) is 17.3 Å². The molecule has 0 saturated carbocycles. The van der Waals surface area contributed by atoms with E-state index in [0.717, 1.165) is 10.9 Å². The number of hydrogen-bond acceptors (Lipinski definition) is 3. The number of aromatic nitrogens is 1. The molecule has 28 heavy (non-hydrogen) atoms. The Morgan fingerprint density at radius 1 is 1.25 bits per heavy atom. The lowest BCUT2D eigenvalue weighted by Gasteiger charge is -2.08. The maximum atomic E-state index is 12.6. The first-order chi connectivity index (χ1) is 13.4. The molecule has 0 aliphatic rings. The summed E-state index contributed by atoms with van der Waals surface area (Å²) in [6, 6.07) is 14.5. The smallest absolute Gasteiger partial charge is 0.266 e. The quantitative estimate of drug-likeness (QED) is 0.512. The highest BCUT2D eigenvalue weighted by Crippen LogP contribution is 2.25. The molecule has 0 aliphatic carbocycles. The monoisotopic (exact) mass is 392 g/mol. The molecule has 0 spiro atoms. The summed E-state index contributed by atoms with van der Waals surface area (Å²) in [5.74, 6) is -1.02. The fourth-order valence-corrected chi connectivity index (χ4v) is 3.10. The Morgan fingerprint density at radius 2 is 2.00 bits per heavy atom. The van der Waals surface area contributed by atoms with Crippen molar-refractivity contribution in [2.75, 3.05) is 5.32 Å². The number of benzene rings is 2. The Kier molecular flexibility index (Phi) is 5.48. The second kappa shape index (κ2) is 7.99. The molecule has 0 fully saturated rings. The van der Waals surface area contributed by atoms with Crippen molar-refractivity contribution >= 4 is 46.1 Å². The summed E-state index contributed by atoms with van der Waals surface area (Å²) >= 11 is 6.08. The van der Waals surface area contributed by atoms with Crippen LogP contribution in [-0.2, 0) is 16.1 Å². The van der Waals surface area contributed by atoms with Crippen LogP contribution in [0, 0.1) is 18.3 Å². The molecule has 3 rings (SSSR count). The zero-order valence-electron chi connectivity index (χ0n) is 15.1. The molecule has 0 radical (unpaired) electrons. The van der Waals surface area contributed by atoms with Gasteiger partial charge in [-0.3, -0.25) is 9.59 Å². The van der Waals surface area contributed by atoms with Crippen LogP contribution >= 0.6 is 11.6 Å². The van der Waals surface area contributed by atoms with E-state index in [2.05, 4.69) is 5.32 Å². The van der Waals surface area contributed by atoms with E-state index in [9.17, 15) is 14.9 Å². The first-order valence-electron chi connectivity index (χ1n) is 8.45. The maximum Gasteiger partial charge on any atom is 0.266 e. The normalized spacial score (nSPS) is 11.2. The van der Waals surface area contributed by atoms with Crippen LogP contribution in [0.25, 0.3) is 17.0 Å². The van der Waals surface area contributed by atoms with Crippen molar-refractivity contribution in [3.05, 3.63) is 70.4 Å². The molecule has 6 nitrogen and oxygen atoms in total. The number of rotatable bonds is 5. The molecule has 1 aromatic heterocycles. The Morgan fingerprint density at radius 3 is 2.71 bits per heavy atom. The maximum absolute atomic E-state index is 12.6. The Bertz CT molecular complexity index is 1150. The van der Waals surface area contributed by atoms with Crippen LogP contribution in [0.5, 0.6) is 0 Å². The largest absolute Gasteiger partial charge is 0.368 e. The minimum Gasteiger partial charge on any atom is -0.368 e. The third kappa shape index (κ3) is 3.90. The number of hydrogen-bond donors (Lipinski definition) is 2. The van der Waals surface area contributed by atoms with Gasteiger partial charge in [-0.2, -0.15) is 5.26 Å². The average Bonchev–Trinajstić information content (AvgIpc) is 3.00. The van der Waals surface area contributed by atoms with Crippen molar-refractivity contribution in [2.24, 2.45) is 5.73 Å². The van der Waals surface area contributed by atoms with E-state index in [1.54, 1.807) is 35.9 Å². The number of nitrogens with two attached hydrogens (primary N) is 1. The molecule has 2 aromatic carbocycles. The number of nitrogens with zero attached hydrogens (tertiary/aromatic N) is 2. The minimum absolute atomic E-state index is 0.00411. The van der Waals surface area contributed by atoms with Gasteiger partial charge >= 0.3 is 0 Å². The Hall–Kier alpha value is -3.56. The van der Waals surface area contributed by atoms with Gasteiger partial charge in [-0.05, 0) is 36.8 Å². The predicted octanol–water partition coefficient (Wildman–Crippen LogP) is 3.63. The number of halogens is 1. The molecule has 7 heteroatoms. The summed E-state index contributed by atoms with van der Waals surface area (Å²) in [5, 5.41) is 13.5. The number of nitriles is 1. The van der Waals surface area contributed by atoms with Gasteiger partial charge in [0.15, 0.2) is 0 Å². The van der Waals surface area contributed by atoms with Crippen molar-refractivity contribution in [3.63, 3.8) is 0 Å². The SMILES string of the molecule is Cc1c(Cl)cccc1NC(=O)C(C#N)=Cc1cn(CC(N)=O)c2ccccc12. The molecule has 3 aromatic rings. The number of carbonyl (C=O) groups is 2. The molecule has 140 valence electrons. The summed E-state index contributed by atoms with van der Waals surface area (Å²) in [4.78, 5) is 23.9. The number of carbonyl (C=O) groups excluding carboxylic acids is 2. The van der Waals surface area contributed by atoms with Crippen molar-refractivity contribution in [3.8, 4) is 6.07 Å². The summed E-state index contributed by atoms with van der Waals surface area (Å²) in [5.41, 5.74) is 7.93. The summed E-state index contributed by atoms with van der Waals surface area (Å²) in [7, 11) is 0. The Labute approximate surface area is 166 Å². The first kappa shape index (κ1) is 19.2. The molecule has 2 amide bonds. The van der Waals surface area contributed by atoms with Gasteiger partial charge in [0, 0.05) is 33.4 Å². The molecule has 1 heterocycles. The highest BCUT2D eigenvalue weighted by molar-refractivity contribution is 6.31. The zero-order valence-corrected chi connectivity index (χ0v) is 15.8. The molecule has 0 atom stereocenters. The topological polar surface area (TPSA) is 101 Å². The number of nitrogens with one attached hydrogen (secondary N) is 1. The lowest BCUT2D eigenvalue weighted by Crippen LogP contribution is -2.17. The first-order valence-corrected chi connectivity index (χ1v) is 8.83. The van der Waals surface area contributed by atoms with Crippen LogP contribution in [0.1, 0.15) is 11.1 Å². The zero-order chi connectivity index (χ0) is 20.3. The second-order valence-corrected chi connectivity index (χ2v) is 6.64. The van der Waals surface area contributed by atoms with Crippen molar-refractivity contribution in [2.45, 2.75) is 13.5 Å². The molecule has 0 bridgehead atoms. The van der Waals surface area contributed by atoms with Gasteiger partial charge in [-0.15, -0.1) is 0 Å². The summed E-state index contributed by atoms with van der Waals surface area (Å²) in [6.45, 7) is 1.79. The van der Waals surface area contributed by atoms with Crippen LogP contribution in [0.4, 0.5) is 5.69 Å². The molecule has 3 N–H and O–H groups in total. The van der Waals surface area contributed by atoms with Gasteiger partial charge in [0.2, 0.25) is 5.91 Å². The van der Waals surface area contributed by atoms with E-state index in [1.807, 2.05) is 30.3 Å². The van der Waals surface area contributed by atoms with Gasteiger partial charge in [0.25, 0.3) is 5.91 Å². The number of amides is 2. The van der Waals surface area contributed by atoms with E-state index in [0.29, 0.717) is 21.8 Å². The van der Waals surface area contributed by atoms with Crippen LogP contribution in [0.3, 0.4) is 0 Å². The van der Waals surface area contributed by atoms with Gasteiger partial charge < -0.3 is 15.6 Å². The van der Waals surface area contributed by atoms with Crippen LogP contribution in [0.2, 0.25) is 5.02 Å². The van der Waals surface area contributed by atoms with Crippen LogP contribution in [0.15, 0.2) is 54.2 Å². The van der Waals surface area contributed by atoms with Crippen molar-refractivity contribution < 1.29 is 9.59 Å². The van der Waals surface area contributed by atoms with E-state index < -0.39 is 11.8 Å². The second-order valence-electron chi connectivity index (χ2n) is 6.23. The number of anilines is 1. The molecule has 0 aliphatic heterocycles. The van der Waals surface area contributed by atoms with Gasteiger partial charge in [-0.1, -0.05) is 35.9 Å². The van der Waals surface area contributed by atoms with E-state index >= 15 is 0 Å². The fraction of sp³-hybridized carbons (Fsp3) is 0.0952. The lowest BCUT2D eigenvalue weighted by atomic mass is 10.1. The Balaban J connectivity index is 1.99. The third-order valence-corrected chi connectivity index (χ3v) is 4.74. The highest BCUT2D eigenvalue weighted by atomic mass is 35.5. The third-order valence-electron chi connectivity index (χ3n) is 4.33. The van der Waals surface area contributed by atoms with E-state index in [1.165, 1.54) is 6.08 Å². The lowest BCUT2D eigenvalue weighted by molar-refractivity contribution is -0.118. The van der Waals surface area contributed by atoms with Crippen LogP contribution in [-0.4, -0.2) is 16.4 Å². The summed E-state index contributed by atoms with van der Waals surface area (Å²) in [6.07, 6.45) is 3.19. The van der Waals surface area contributed by atoms with Gasteiger partial charge in [-0.25, -0.2) is 0 Å². The predicted molar refractivity (Wildman–Crippen MR) is 110 cm³/mol. The number of fused-ring (bicyclic) bond motifs is 1. The van der Waals surface area contributed by atoms with Gasteiger partial charge in [0.1, 0.15) is 18.2 Å². The standard InChI is InChI=1S/C21H17ClN4O2/c1-13-17(22)6-4-7-18(13)25-21(28)14(10-23)9-15-11-26(12-20(24)27)19-8-3-2-5-16(15)19/h2-9,11H,12H2,1H3,(H2,24,27)(H,25,28). The van der Waals surface area contributed by atoms with Crippen molar-refractivity contribution in [1.29, 1.82) is 5.26 Å². The van der Waals surface area contributed by atoms with Crippen LogP contribution < -0.4 is 11.1 Å². The molecular formula is C21H17ClN4O2. The number of primary amides is 1. The molecule has 0 unspecified atom stereocenters. The minimum atomic E-state index is -0.542. The average molecular weight is 393 g/mol.